The molecule has 111 valence electrons. The fraction of sp³-hybridized carbons (Fsp3) is 0.0769. The Balaban J connectivity index is 1.85. The summed E-state index contributed by atoms with van der Waals surface area (Å²) in [5.74, 6) is -0.100. The summed E-state index contributed by atoms with van der Waals surface area (Å²) in [5, 5.41) is 16.0. The zero-order valence-electron chi connectivity index (χ0n) is 11.4. The van der Waals surface area contributed by atoms with Gasteiger partial charge in [-0.15, -0.1) is 21.5 Å². The third kappa shape index (κ3) is 2.93. The van der Waals surface area contributed by atoms with Crippen LogP contribution in [0.3, 0.4) is 0 Å². The molecule has 2 heterocycles. The van der Waals surface area contributed by atoms with Crippen molar-refractivity contribution in [3.63, 3.8) is 0 Å². The zero-order valence-corrected chi connectivity index (χ0v) is 12.2. The van der Waals surface area contributed by atoms with Crippen molar-refractivity contribution in [2.75, 3.05) is 5.73 Å². The summed E-state index contributed by atoms with van der Waals surface area (Å²) >= 11 is 1.37. The molecule has 2 aromatic heterocycles. The summed E-state index contributed by atoms with van der Waals surface area (Å²) in [7, 11) is 0. The van der Waals surface area contributed by atoms with Crippen LogP contribution in [-0.4, -0.2) is 31.5 Å². The van der Waals surface area contributed by atoms with Crippen LogP contribution in [0.4, 0.5) is 5.13 Å². The van der Waals surface area contributed by atoms with Gasteiger partial charge in [0.25, 0.3) is 0 Å². The second-order valence-corrected chi connectivity index (χ2v) is 5.38. The number of nitrogens with two attached hydrogens (primary N) is 2. The molecule has 0 fully saturated rings. The Hall–Kier alpha value is -2.81. The maximum absolute atomic E-state index is 11.7. The van der Waals surface area contributed by atoms with Gasteiger partial charge in [-0.05, 0) is 23.3 Å². The molecule has 1 amide bonds. The quantitative estimate of drug-likeness (QED) is 0.637. The minimum absolute atomic E-state index is 0.408. The van der Waals surface area contributed by atoms with Gasteiger partial charge in [0.1, 0.15) is 0 Å². The van der Waals surface area contributed by atoms with E-state index in [0.717, 1.165) is 11.3 Å². The maximum atomic E-state index is 11.7. The van der Waals surface area contributed by atoms with Crippen molar-refractivity contribution in [3.8, 4) is 11.4 Å². The molecule has 0 bridgehead atoms. The van der Waals surface area contributed by atoms with Crippen molar-refractivity contribution in [1.29, 1.82) is 0 Å². The fourth-order valence-corrected chi connectivity index (χ4v) is 2.56. The van der Waals surface area contributed by atoms with Crippen LogP contribution in [0, 0.1) is 6.42 Å². The summed E-state index contributed by atoms with van der Waals surface area (Å²) in [6, 6.07) is 5.29. The molecule has 5 N–H and O–H groups in total. The smallest absolute Gasteiger partial charge is 0.249 e. The molecule has 0 aliphatic carbocycles. The summed E-state index contributed by atoms with van der Waals surface area (Å²) in [4.78, 5) is 15.8. The third-order valence-corrected chi connectivity index (χ3v) is 3.74. The first-order valence-electron chi connectivity index (χ1n) is 6.34. The molecule has 22 heavy (non-hydrogen) atoms. The van der Waals surface area contributed by atoms with Crippen LogP contribution in [0.15, 0.2) is 23.6 Å². The SMILES string of the molecule is NC(=O)c1cc(-c2nn[nH]n2)ccc1C[CH]c1csc(N)n1. The van der Waals surface area contributed by atoms with E-state index in [1.165, 1.54) is 11.3 Å². The number of amides is 1. The molecular formula is C13H12N7OS. The highest BCUT2D eigenvalue weighted by Crippen LogP contribution is 2.21. The number of carbonyl (C=O) groups excluding carboxylic acids is 1. The Morgan fingerprint density at radius 2 is 2.27 bits per heavy atom. The molecule has 0 unspecified atom stereocenters. The first-order valence-corrected chi connectivity index (χ1v) is 7.22. The van der Waals surface area contributed by atoms with E-state index >= 15 is 0 Å². The molecule has 0 aliphatic heterocycles. The number of nitrogen functional groups attached to an aromatic ring is 1. The van der Waals surface area contributed by atoms with Gasteiger partial charge in [-0.25, -0.2) is 4.98 Å². The van der Waals surface area contributed by atoms with E-state index in [9.17, 15) is 4.79 Å². The number of anilines is 1. The van der Waals surface area contributed by atoms with Crippen molar-refractivity contribution in [2.45, 2.75) is 6.42 Å². The van der Waals surface area contributed by atoms with Gasteiger partial charge in [0, 0.05) is 22.9 Å². The van der Waals surface area contributed by atoms with Gasteiger partial charge in [0.15, 0.2) is 5.13 Å². The van der Waals surface area contributed by atoms with Crippen LogP contribution < -0.4 is 11.5 Å². The van der Waals surface area contributed by atoms with Crippen molar-refractivity contribution in [1.82, 2.24) is 25.6 Å². The van der Waals surface area contributed by atoms with E-state index in [4.69, 9.17) is 11.5 Å². The number of hydrogen-bond donors (Lipinski definition) is 3. The van der Waals surface area contributed by atoms with Crippen molar-refractivity contribution >= 4 is 22.4 Å². The molecule has 1 radical (unpaired) electrons. The third-order valence-electron chi connectivity index (χ3n) is 3.05. The predicted molar refractivity (Wildman–Crippen MR) is 81.8 cm³/mol. The van der Waals surface area contributed by atoms with Gasteiger partial charge in [0.05, 0.1) is 5.69 Å². The lowest BCUT2D eigenvalue weighted by atomic mass is 9.99. The highest BCUT2D eigenvalue weighted by molar-refractivity contribution is 7.13. The first kappa shape index (κ1) is 14.1. The van der Waals surface area contributed by atoms with Gasteiger partial charge >= 0.3 is 0 Å². The summed E-state index contributed by atoms with van der Waals surface area (Å²) in [6.07, 6.45) is 2.41. The average molecular weight is 314 g/mol. The Labute approximate surface area is 129 Å². The Kier molecular flexibility index (Phi) is 3.79. The van der Waals surface area contributed by atoms with E-state index in [0.29, 0.717) is 28.5 Å². The zero-order chi connectivity index (χ0) is 15.5. The Morgan fingerprint density at radius 1 is 1.41 bits per heavy atom. The van der Waals surface area contributed by atoms with Crippen molar-refractivity contribution in [3.05, 3.63) is 46.8 Å². The van der Waals surface area contributed by atoms with Crippen LogP contribution in [0.5, 0.6) is 0 Å². The number of rotatable bonds is 5. The minimum Gasteiger partial charge on any atom is -0.375 e. The molecular weight excluding hydrogens is 302 g/mol. The van der Waals surface area contributed by atoms with Crippen molar-refractivity contribution in [2.24, 2.45) is 5.73 Å². The van der Waals surface area contributed by atoms with E-state index in [1.54, 1.807) is 6.07 Å². The van der Waals surface area contributed by atoms with E-state index in [-0.39, 0.29) is 0 Å². The summed E-state index contributed by atoms with van der Waals surface area (Å²) < 4.78 is 0. The molecule has 1 aromatic carbocycles. The average Bonchev–Trinajstić information content (AvgIpc) is 3.16. The standard InChI is InChI=1S/C13H12N7OS/c14-11(21)10-5-8(12-17-19-20-18-12)2-1-7(10)3-4-9-6-22-13(15)16-9/h1-2,4-6H,3H2,(H2,14,21)(H2,15,16)(H,17,18,19,20). The van der Waals surface area contributed by atoms with Gasteiger partial charge in [-0.3, -0.25) is 4.79 Å². The lowest BCUT2D eigenvalue weighted by Gasteiger charge is -2.07. The molecule has 0 aliphatic rings. The number of aromatic amines is 1. The molecule has 8 nitrogen and oxygen atoms in total. The minimum atomic E-state index is -0.508. The number of carbonyl (C=O) groups is 1. The molecule has 9 heteroatoms. The Bertz CT molecular complexity index is 797. The number of aromatic nitrogens is 5. The maximum Gasteiger partial charge on any atom is 0.249 e. The van der Waals surface area contributed by atoms with Gasteiger partial charge in [-0.1, -0.05) is 12.1 Å². The number of thiazole rings is 1. The van der Waals surface area contributed by atoms with Crippen LogP contribution in [0.25, 0.3) is 11.4 Å². The van der Waals surface area contributed by atoms with Crippen molar-refractivity contribution < 1.29 is 4.79 Å². The predicted octanol–water partition coefficient (Wildman–Crippen LogP) is 0.799. The molecule has 0 atom stereocenters. The Morgan fingerprint density at radius 3 is 2.91 bits per heavy atom. The number of benzene rings is 1. The van der Waals surface area contributed by atoms with Gasteiger partial charge in [-0.2, -0.15) is 5.21 Å². The van der Waals surface area contributed by atoms with Gasteiger partial charge in [0.2, 0.25) is 11.7 Å². The molecule has 3 aromatic rings. The number of nitrogens with one attached hydrogen (secondary N) is 1. The molecule has 3 rings (SSSR count). The second kappa shape index (κ2) is 5.90. The monoisotopic (exact) mass is 314 g/mol. The lowest BCUT2D eigenvalue weighted by Crippen LogP contribution is -2.14. The lowest BCUT2D eigenvalue weighted by molar-refractivity contribution is 0.0999. The van der Waals surface area contributed by atoms with Crippen LogP contribution in [0.2, 0.25) is 0 Å². The van der Waals surface area contributed by atoms with E-state index < -0.39 is 5.91 Å². The topological polar surface area (TPSA) is 136 Å². The number of primary amides is 1. The largest absolute Gasteiger partial charge is 0.375 e. The summed E-state index contributed by atoms with van der Waals surface area (Å²) in [5.41, 5.74) is 13.7. The summed E-state index contributed by atoms with van der Waals surface area (Å²) in [6.45, 7) is 0. The highest BCUT2D eigenvalue weighted by atomic mass is 32.1. The number of H-pyrrole nitrogens is 1. The van der Waals surface area contributed by atoms with Gasteiger partial charge < -0.3 is 11.5 Å². The normalized spacial score (nSPS) is 10.7. The molecule has 0 spiro atoms. The highest BCUT2D eigenvalue weighted by Gasteiger charge is 2.13. The first-order chi connectivity index (χ1) is 10.6. The van der Waals surface area contributed by atoms with E-state index in [2.05, 4.69) is 25.6 Å². The van der Waals surface area contributed by atoms with Crippen LogP contribution in [0.1, 0.15) is 21.6 Å². The number of nitrogens with zero attached hydrogens (tertiary/aromatic N) is 4. The number of tetrazole rings is 1. The van der Waals surface area contributed by atoms with E-state index in [1.807, 2.05) is 23.9 Å². The number of hydrogen-bond acceptors (Lipinski definition) is 7. The molecule has 0 saturated carbocycles. The fourth-order valence-electron chi connectivity index (χ4n) is 2.02. The van der Waals surface area contributed by atoms with Crippen LogP contribution in [-0.2, 0) is 6.42 Å². The second-order valence-electron chi connectivity index (χ2n) is 4.49. The van der Waals surface area contributed by atoms with Crippen LogP contribution >= 0.6 is 11.3 Å². The molecule has 0 saturated heterocycles.